The highest BCUT2D eigenvalue weighted by molar-refractivity contribution is 5.74. The molecule has 1 amide bonds. The fourth-order valence-corrected chi connectivity index (χ4v) is 1.84. The van der Waals surface area contributed by atoms with E-state index in [0.717, 1.165) is 18.5 Å². The van der Waals surface area contributed by atoms with Gasteiger partial charge in [-0.15, -0.1) is 0 Å². The second kappa shape index (κ2) is 6.99. The number of hydrogen-bond acceptors (Lipinski definition) is 2. The van der Waals surface area contributed by atoms with Gasteiger partial charge in [-0.25, -0.2) is 0 Å². The van der Waals surface area contributed by atoms with Crippen LogP contribution in [-0.4, -0.2) is 26.0 Å². The lowest BCUT2D eigenvalue weighted by molar-refractivity contribution is -0.684. The van der Waals surface area contributed by atoms with E-state index in [-0.39, 0.29) is 11.9 Å². The van der Waals surface area contributed by atoms with Crippen LogP contribution in [0, 0.1) is 0 Å². The molecule has 1 rings (SSSR count). The molecule has 1 N–H and O–H groups in total. The zero-order chi connectivity index (χ0) is 13.5. The molecule has 4 nitrogen and oxygen atoms in total. The SMILES string of the molecule is CCC[C@@H](C)NC(=O)C[n+]1ccc(N(C)C)cc1. The molecular formula is C14H24N3O+. The summed E-state index contributed by atoms with van der Waals surface area (Å²) in [6.45, 7) is 4.54. The molecule has 0 spiro atoms. The van der Waals surface area contributed by atoms with Crippen molar-refractivity contribution in [3.8, 4) is 0 Å². The average molecular weight is 250 g/mol. The van der Waals surface area contributed by atoms with Crippen molar-refractivity contribution >= 4 is 11.6 Å². The Bertz CT molecular complexity index is 373. The van der Waals surface area contributed by atoms with Crippen LogP contribution in [0.3, 0.4) is 0 Å². The molecule has 0 fully saturated rings. The van der Waals surface area contributed by atoms with Crippen LogP contribution in [0.5, 0.6) is 0 Å². The van der Waals surface area contributed by atoms with Gasteiger partial charge in [-0.05, 0) is 13.3 Å². The summed E-state index contributed by atoms with van der Waals surface area (Å²) in [6, 6.07) is 4.26. The van der Waals surface area contributed by atoms with E-state index < -0.39 is 0 Å². The third kappa shape index (κ3) is 4.73. The first-order valence-corrected chi connectivity index (χ1v) is 6.48. The number of hydrogen-bond donors (Lipinski definition) is 1. The van der Waals surface area contributed by atoms with Crippen LogP contribution in [0.2, 0.25) is 0 Å². The molecule has 0 saturated carbocycles. The maximum absolute atomic E-state index is 11.8. The Morgan fingerprint density at radius 1 is 1.39 bits per heavy atom. The van der Waals surface area contributed by atoms with Crippen LogP contribution < -0.4 is 14.8 Å². The zero-order valence-corrected chi connectivity index (χ0v) is 11.8. The van der Waals surface area contributed by atoms with Crippen molar-refractivity contribution in [3.05, 3.63) is 24.5 Å². The van der Waals surface area contributed by atoms with Gasteiger partial charge < -0.3 is 10.2 Å². The van der Waals surface area contributed by atoms with E-state index in [9.17, 15) is 4.79 Å². The minimum Gasteiger partial charge on any atom is -0.377 e. The van der Waals surface area contributed by atoms with Gasteiger partial charge in [0.25, 0.3) is 5.91 Å². The monoisotopic (exact) mass is 250 g/mol. The second-order valence-corrected chi connectivity index (χ2v) is 4.88. The molecule has 100 valence electrons. The van der Waals surface area contributed by atoms with E-state index in [1.807, 2.05) is 55.0 Å². The Labute approximate surface area is 110 Å². The highest BCUT2D eigenvalue weighted by Crippen LogP contribution is 2.05. The number of rotatable bonds is 6. The van der Waals surface area contributed by atoms with Crippen LogP contribution in [-0.2, 0) is 11.3 Å². The molecule has 0 aliphatic carbocycles. The third-order valence-corrected chi connectivity index (χ3v) is 2.85. The Morgan fingerprint density at radius 2 is 2.00 bits per heavy atom. The number of nitrogens with zero attached hydrogens (tertiary/aromatic N) is 2. The first kappa shape index (κ1) is 14.5. The van der Waals surface area contributed by atoms with Gasteiger partial charge in [0.1, 0.15) is 0 Å². The van der Waals surface area contributed by atoms with Crippen LogP contribution in [0.15, 0.2) is 24.5 Å². The highest BCUT2D eigenvalue weighted by Gasteiger charge is 2.11. The lowest BCUT2D eigenvalue weighted by Crippen LogP contribution is -2.44. The molecule has 0 unspecified atom stereocenters. The van der Waals surface area contributed by atoms with E-state index in [4.69, 9.17) is 0 Å². The Morgan fingerprint density at radius 3 is 2.50 bits per heavy atom. The summed E-state index contributed by atoms with van der Waals surface area (Å²) >= 11 is 0. The summed E-state index contributed by atoms with van der Waals surface area (Å²) < 4.78 is 1.89. The molecule has 0 aliphatic heterocycles. The molecule has 0 aliphatic rings. The van der Waals surface area contributed by atoms with Gasteiger partial charge in [0.2, 0.25) is 6.54 Å². The van der Waals surface area contributed by atoms with Gasteiger partial charge in [0.15, 0.2) is 12.4 Å². The first-order valence-electron chi connectivity index (χ1n) is 6.48. The second-order valence-electron chi connectivity index (χ2n) is 4.88. The molecule has 18 heavy (non-hydrogen) atoms. The Balaban J connectivity index is 2.49. The van der Waals surface area contributed by atoms with E-state index in [0.29, 0.717) is 6.54 Å². The third-order valence-electron chi connectivity index (χ3n) is 2.85. The van der Waals surface area contributed by atoms with Gasteiger partial charge in [-0.2, -0.15) is 4.57 Å². The van der Waals surface area contributed by atoms with Gasteiger partial charge in [0, 0.05) is 38.0 Å². The number of nitrogens with one attached hydrogen (secondary N) is 1. The largest absolute Gasteiger partial charge is 0.377 e. The van der Waals surface area contributed by atoms with Crippen molar-refractivity contribution in [1.29, 1.82) is 0 Å². The summed E-state index contributed by atoms with van der Waals surface area (Å²) in [5, 5.41) is 3.00. The van der Waals surface area contributed by atoms with Crippen molar-refractivity contribution in [2.24, 2.45) is 0 Å². The lowest BCUT2D eigenvalue weighted by Gasteiger charge is -2.12. The van der Waals surface area contributed by atoms with Gasteiger partial charge >= 0.3 is 0 Å². The molecule has 1 atom stereocenters. The highest BCUT2D eigenvalue weighted by atomic mass is 16.2. The molecule has 1 aromatic heterocycles. The number of aromatic nitrogens is 1. The zero-order valence-electron chi connectivity index (χ0n) is 11.8. The summed E-state index contributed by atoms with van der Waals surface area (Å²) in [4.78, 5) is 13.8. The molecular weight excluding hydrogens is 226 g/mol. The minimum atomic E-state index is 0.0681. The van der Waals surface area contributed by atoms with E-state index >= 15 is 0 Å². The van der Waals surface area contributed by atoms with Crippen molar-refractivity contribution in [3.63, 3.8) is 0 Å². The average Bonchev–Trinajstić information content (AvgIpc) is 2.29. The maximum Gasteiger partial charge on any atom is 0.286 e. The van der Waals surface area contributed by atoms with Crippen molar-refractivity contribution < 1.29 is 9.36 Å². The van der Waals surface area contributed by atoms with Crippen LogP contribution in [0.1, 0.15) is 26.7 Å². The smallest absolute Gasteiger partial charge is 0.286 e. The van der Waals surface area contributed by atoms with E-state index in [2.05, 4.69) is 12.2 Å². The summed E-state index contributed by atoms with van der Waals surface area (Å²) in [5.41, 5.74) is 1.13. The van der Waals surface area contributed by atoms with Gasteiger partial charge in [0.05, 0.1) is 0 Å². The van der Waals surface area contributed by atoms with E-state index in [1.54, 1.807) is 0 Å². The number of carbonyl (C=O) groups is 1. The number of pyridine rings is 1. The van der Waals surface area contributed by atoms with Gasteiger partial charge in [-0.1, -0.05) is 13.3 Å². The van der Waals surface area contributed by atoms with Crippen molar-refractivity contribution in [2.45, 2.75) is 39.3 Å². The summed E-state index contributed by atoms with van der Waals surface area (Å²) in [6.07, 6.45) is 5.97. The molecule has 1 aromatic rings. The van der Waals surface area contributed by atoms with Crippen molar-refractivity contribution in [2.75, 3.05) is 19.0 Å². The quantitative estimate of drug-likeness (QED) is 0.774. The molecule has 0 bridgehead atoms. The molecule has 1 heterocycles. The van der Waals surface area contributed by atoms with E-state index in [1.165, 1.54) is 0 Å². The Kier molecular flexibility index (Phi) is 5.62. The van der Waals surface area contributed by atoms with Crippen LogP contribution >= 0.6 is 0 Å². The first-order chi connectivity index (χ1) is 8.52. The number of anilines is 1. The predicted octanol–water partition coefficient (Wildman–Crippen LogP) is 1.34. The lowest BCUT2D eigenvalue weighted by atomic mass is 10.2. The normalized spacial score (nSPS) is 12.0. The van der Waals surface area contributed by atoms with Gasteiger partial charge in [-0.3, -0.25) is 4.79 Å². The minimum absolute atomic E-state index is 0.0681. The molecule has 0 radical (unpaired) electrons. The molecule has 0 saturated heterocycles. The predicted molar refractivity (Wildman–Crippen MR) is 73.5 cm³/mol. The fraction of sp³-hybridized carbons (Fsp3) is 0.571. The number of amides is 1. The fourth-order valence-electron chi connectivity index (χ4n) is 1.84. The molecule has 0 aromatic carbocycles. The van der Waals surface area contributed by atoms with Crippen molar-refractivity contribution in [1.82, 2.24) is 5.32 Å². The standard InChI is InChI=1S/C14H23N3O/c1-5-6-12(2)15-14(18)11-17-9-7-13(8-10-17)16(3)4/h7-10,12H,5-6,11H2,1-4H3/p+1/t12-/m1/s1. The van der Waals surface area contributed by atoms with Crippen LogP contribution in [0.25, 0.3) is 0 Å². The maximum atomic E-state index is 11.8. The Hall–Kier alpha value is -1.58. The van der Waals surface area contributed by atoms with Crippen LogP contribution in [0.4, 0.5) is 5.69 Å². The summed E-state index contributed by atoms with van der Waals surface area (Å²) in [5.74, 6) is 0.0681. The summed E-state index contributed by atoms with van der Waals surface area (Å²) in [7, 11) is 4.00. The molecule has 4 heteroatoms. The topological polar surface area (TPSA) is 36.2 Å². The number of carbonyl (C=O) groups excluding carboxylic acids is 1.